The maximum atomic E-state index is 2.39. The second kappa shape index (κ2) is 11.8. The van der Waals surface area contributed by atoms with Crippen LogP contribution in [-0.2, 0) is 0 Å². The molecule has 38 heavy (non-hydrogen) atoms. The Morgan fingerprint density at radius 2 is 0.789 bits per heavy atom. The fourth-order valence-corrected chi connectivity index (χ4v) is 11.7. The maximum absolute atomic E-state index is 2.39. The summed E-state index contributed by atoms with van der Waals surface area (Å²) in [5, 5.41) is 4.38. The molecule has 0 nitrogen and oxygen atoms in total. The van der Waals surface area contributed by atoms with Crippen molar-refractivity contribution in [3.8, 4) is 22.3 Å². The van der Waals surface area contributed by atoms with Crippen molar-refractivity contribution < 1.29 is 0 Å². The number of rotatable bonds is 7. The molecule has 0 aliphatic rings. The summed E-state index contributed by atoms with van der Waals surface area (Å²) in [7, 11) is -1.15. The van der Waals surface area contributed by atoms with Crippen LogP contribution in [-0.4, -0.2) is 15.4 Å². The quantitative estimate of drug-likeness (QED) is 0.161. The average molecular weight is 564 g/mol. The van der Waals surface area contributed by atoms with Crippen molar-refractivity contribution in [2.45, 2.75) is 0 Å². The topological polar surface area (TPSA) is 0 Å². The summed E-state index contributed by atoms with van der Waals surface area (Å²) in [4.78, 5) is 0. The molecule has 2 heteroatoms. The summed E-state index contributed by atoms with van der Waals surface area (Å²) in [5.41, 5.74) is 5.29. The Kier molecular flexibility index (Phi) is 7.63. The molecule has 0 aromatic heterocycles. The van der Waals surface area contributed by atoms with E-state index in [0.717, 1.165) is 0 Å². The van der Waals surface area contributed by atoms with Crippen LogP contribution in [0.1, 0.15) is 0 Å². The van der Waals surface area contributed by atoms with Gasteiger partial charge in [-0.25, -0.2) is 0 Å². The van der Waals surface area contributed by atoms with Crippen LogP contribution < -0.4 is 24.7 Å². The second-order valence-electron chi connectivity index (χ2n) is 9.24. The fraction of sp³-hybridized carbons (Fsp3) is 0. The van der Waals surface area contributed by atoms with Gasteiger partial charge in [-0.2, -0.15) is 0 Å². The number of hydrogen-bond donors (Lipinski definition) is 0. The summed E-state index contributed by atoms with van der Waals surface area (Å²) in [6, 6.07) is 60.0. The van der Waals surface area contributed by atoms with Gasteiger partial charge < -0.3 is 0 Å². The van der Waals surface area contributed by atoms with E-state index >= 15 is 0 Å². The first-order valence-corrected chi connectivity index (χ1v) is 16.6. The average Bonchev–Trinajstić information content (AvgIpc) is 3.00. The Labute approximate surface area is 233 Å². The van der Waals surface area contributed by atoms with Gasteiger partial charge in [0, 0.05) is 0 Å². The summed E-state index contributed by atoms with van der Waals surface area (Å²) in [5.74, 6) is 0. The van der Waals surface area contributed by atoms with E-state index in [9.17, 15) is 0 Å². The van der Waals surface area contributed by atoms with Crippen LogP contribution in [0.3, 0.4) is 0 Å². The van der Waals surface area contributed by atoms with E-state index in [-0.39, 0.29) is 0 Å². The Balaban J connectivity index is 1.54. The normalized spacial score (nSPS) is 11.0. The van der Waals surface area contributed by atoms with Crippen LogP contribution in [0, 0.1) is 0 Å². The van der Waals surface area contributed by atoms with Crippen molar-refractivity contribution in [1.29, 1.82) is 0 Å². The molecule has 0 heterocycles. The molecule has 2 radical (unpaired) electrons. The molecule has 0 saturated carbocycles. The zero-order chi connectivity index (χ0) is 25.6. The monoisotopic (exact) mass is 565 g/mol. The van der Waals surface area contributed by atoms with Crippen LogP contribution in [0.5, 0.6) is 0 Å². The van der Waals surface area contributed by atoms with Gasteiger partial charge in [-0.05, 0) is 0 Å². The van der Waals surface area contributed by atoms with Crippen molar-refractivity contribution in [2.75, 3.05) is 0 Å². The summed E-state index contributed by atoms with van der Waals surface area (Å²) < 4.78 is 3.02. The molecular weight excluding hydrogens is 536 g/mol. The van der Waals surface area contributed by atoms with Gasteiger partial charge in [0.15, 0.2) is 0 Å². The van der Waals surface area contributed by atoms with E-state index in [1.54, 1.807) is 0 Å². The van der Waals surface area contributed by atoms with Crippen molar-refractivity contribution in [1.82, 2.24) is 0 Å². The first-order valence-electron chi connectivity index (χ1n) is 13.0. The van der Waals surface area contributed by atoms with Crippen molar-refractivity contribution in [2.24, 2.45) is 0 Å². The Hall–Kier alpha value is -3.71. The Bertz CT molecular complexity index is 1520. The van der Waals surface area contributed by atoms with E-state index < -0.39 is 23.4 Å². The molecule has 0 atom stereocenters. The first-order chi connectivity index (χ1) is 18.9. The van der Waals surface area contributed by atoms with Crippen LogP contribution >= 0.6 is 7.92 Å². The third-order valence-electron chi connectivity index (χ3n) is 6.82. The van der Waals surface area contributed by atoms with Crippen LogP contribution in [0.2, 0.25) is 0 Å². The molecule has 180 valence electrons. The van der Waals surface area contributed by atoms with Gasteiger partial charge in [-0.1, -0.05) is 0 Å². The minimum absolute atomic E-state index is 0.665. The third kappa shape index (κ3) is 5.29. The SMILES string of the molecule is c1ccc(-c2cccc(-c3ccccc3)[c]2[Ge][c]2ccccc2[PH+](c2ccccc2)c2ccccc2)cc1. The van der Waals surface area contributed by atoms with Crippen LogP contribution in [0.4, 0.5) is 0 Å². The van der Waals surface area contributed by atoms with E-state index in [2.05, 4.69) is 164 Å². The molecule has 0 amide bonds. The molecule has 6 aromatic rings. The summed E-state index contributed by atoms with van der Waals surface area (Å²) in [6.45, 7) is 0. The Morgan fingerprint density at radius 1 is 0.368 bits per heavy atom. The molecule has 0 aliphatic heterocycles. The number of hydrogen-bond acceptors (Lipinski definition) is 0. The van der Waals surface area contributed by atoms with E-state index in [4.69, 9.17) is 0 Å². The molecule has 0 unspecified atom stereocenters. The van der Waals surface area contributed by atoms with Gasteiger partial charge in [-0.3, -0.25) is 0 Å². The molecule has 0 saturated heterocycles. The molecule has 0 fully saturated rings. The first kappa shape index (κ1) is 24.6. The van der Waals surface area contributed by atoms with Crippen molar-refractivity contribution in [3.05, 3.63) is 164 Å². The van der Waals surface area contributed by atoms with Crippen molar-refractivity contribution >= 4 is 48.1 Å². The summed E-state index contributed by atoms with van der Waals surface area (Å²) >= 11 is -0.665. The van der Waals surface area contributed by atoms with E-state index in [0.29, 0.717) is 0 Å². The van der Waals surface area contributed by atoms with Crippen LogP contribution in [0.15, 0.2) is 164 Å². The van der Waals surface area contributed by atoms with Gasteiger partial charge in [0.1, 0.15) is 0 Å². The predicted molar refractivity (Wildman–Crippen MR) is 169 cm³/mol. The van der Waals surface area contributed by atoms with Gasteiger partial charge in [0.2, 0.25) is 0 Å². The number of benzene rings is 6. The zero-order valence-corrected chi connectivity index (χ0v) is 24.2. The standard InChI is InChI=1S/C36H27GeP/c1-5-16-28(17-6-1)32-24-15-25-33(29-18-7-2-8-19-29)36(32)37-34-26-13-14-27-35(34)38(30-20-9-3-10-21-30)31-22-11-4-12-23-31/h1-27H/p+1. The van der Waals surface area contributed by atoms with E-state index in [1.807, 2.05) is 0 Å². The van der Waals surface area contributed by atoms with E-state index in [1.165, 1.54) is 47.0 Å². The Morgan fingerprint density at radius 3 is 1.29 bits per heavy atom. The summed E-state index contributed by atoms with van der Waals surface area (Å²) in [6.07, 6.45) is 0. The third-order valence-corrected chi connectivity index (χ3v) is 13.3. The van der Waals surface area contributed by atoms with Gasteiger partial charge >= 0.3 is 234 Å². The van der Waals surface area contributed by atoms with Crippen LogP contribution in [0.25, 0.3) is 22.3 Å². The van der Waals surface area contributed by atoms with Gasteiger partial charge in [-0.15, -0.1) is 0 Å². The molecular formula is C36H28GeP+. The molecule has 0 aliphatic carbocycles. The second-order valence-corrected chi connectivity index (χ2v) is 14.4. The zero-order valence-electron chi connectivity index (χ0n) is 21.1. The van der Waals surface area contributed by atoms with Gasteiger partial charge in [0.05, 0.1) is 0 Å². The van der Waals surface area contributed by atoms with Gasteiger partial charge in [0.25, 0.3) is 0 Å². The molecule has 0 spiro atoms. The molecule has 0 N–H and O–H groups in total. The predicted octanol–water partition coefficient (Wildman–Crippen LogP) is 6.17. The molecule has 6 aromatic carbocycles. The van der Waals surface area contributed by atoms with Crippen molar-refractivity contribution in [3.63, 3.8) is 0 Å². The fourth-order valence-electron chi connectivity index (χ4n) is 5.04. The molecule has 6 rings (SSSR count). The minimum atomic E-state index is -1.15. The molecule has 0 bridgehead atoms.